The van der Waals surface area contributed by atoms with Crippen LogP contribution in [0.3, 0.4) is 0 Å². The van der Waals surface area contributed by atoms with E-state index in [2.05, 4.69) is 22.2 Å². The summed E-state index contributed by atoms with van der Waals surface area (Å²) < 4.78 is 4.99. The summed E-state index contributed by atoms with van der Waals surface area (Å²) in [6.07, 6.45) is 6.02. The van der Waals surface area contributed by atoms with Gasteiger partial charge in [-0.3, -0.25) is 4.79 Å². The van der Waals surface area contributed by atoms with Crippen LogP contribution in [0.5, 0.6) is 5.88 Å². The molecule has 18 heavy (non-hydrogen) atoms. The molecule has 5 heteroatoms. The van der Waals surface area contributed by atoms with Gasteiger partial charge in [0.05, 0.1) is 7.11 Å². The Labute approximate surface area is 107 Å². The van der Waals surface area contributed by atoms with Gasteiger partial charge in [-0.1, -0.05) is 19.8 Å². The maximum Gasteiger partial charge on any atom is 0.270 e. The molecule has 0 bridgehead atoms. The number of hydrogen-bond acceptors (Lipinski definition) is 4. The van der Waals surface area contributed by atoms with E-state index in [1.54, 1.807) is 6.07 Å². The summed E-state index contributed by atoms with van der Waals surface area (Å²) in [5.74, 6) is 0.799. The second-order valence-corrected chi connectivity index (χ2v) is 4.79. The van der Waals surface area contributed by atoms with Crippen LogP contribution in [0.25, 0.3) is 0 Å². The number of amides is 1. The summed E-state index contributed by atoms with van der Waals surface area (Å²) in [6.45, 7) is 2.19. The Morgan fingerprint density at radius 2 is 2.17 bits per heavy atom. The fourth-order valence-electron chi connectivity index (χ4n) is 2.35. The lowest BCUT2D eigenvalue weighted by atomic mass is 9.86. The van der Waals surface area contributed by atoms with Crippen molar-refractivity contribution in [2.24, 2.45) is 5.92 Å². The van der Waals surface area contributed by atoms with E-state index in [9.17, 15) is 4.79 Å². The molecule has 0 unspecified atom stereocenters. The van der Waals surface area contributed by atoms with Gasteiger partial charge >= 0.3 is 0 Å². The molecule has 1 aromatic heterocycles. The lowest BCUT2D eigenvalue weighted by Gasteiger charge is -2.29. The normalized spacial score (nSPS) is 23.4. The average molecular weight is 249 g/mol. The molecule has 1 aromatic rings. The van der Waals surface area contributed by atoms with Crippen molar-refractivity contribution in [3.05, 3.63) is 18.1 Å². The largest absolute Gasteiger partial charge is 0.481 e. The van der Waals surface area contributed by atoms with Crippen molar-refractivity contribution in [2.75, 3.05) is 7.11 Å². The Morgan fingerprint density at radius 1 is 1.39 bits per heavy atom. The molecule has 0 aliphatic heterocycles. The van der Waals surface area contributed by atoms with Gasteiger partial charge in [-0.05, 0) is 18.8 Å². The zero-order chi connectivity index (χ0) is 13.0. The fourth-order valence-corrected chi connectivity index (χ4v) is 2.35. The van der Waals surface area contributed by atoms with Crippen molar-refractivity contribution < 1.29 is 9.53 Å². The van der Waals surface area contributed by atoms with Gasteiger partial charge < -0.3 is 10.1 Å². The van der Waals surface area contributed by atoms with Gasteiger partial charge in [0.2, 0.25) is 5.88 Å². The summed E-state index contributed by atoms with van der Waals surface area (Å²) in [5.41, 5.74) is 0.361. The van der Waals surface area contributed by atoms with Crippen molar-refractivity contribution in [2.45, 2.75) is 38.6 Å². The zero-order valence-electron chi connectivity index (χ0n) is 10.8. The Morgan fingerprint density at radius 3 is 2.89 bits per heavy atom. The first-order valence-electron chi connectivity index (χ1n) is 6.37. The first-order valence-corrected chi connectivity index (χ1v) is 6.37. The van der Waals surface area contributed by atoms with E-state index in [1.807, 2.05) is 0 Å². The van der Waals surface area contributed by atoms with Gasteiger partial charge in [-0.15, -0.1) is 0 Å². The molecule has 98 valence electrons. The molecule has 5 nitrogen and oxygen atoms in total. The highest BCUT2D eigenvalue weighted by atomic mass is 16.5. The van der Waals surface area contributed by atoms with E-state index in [-0.39, 0.29) is 11.9 Å². The number of nitrogens with one attached hydrogen (secondary N) is 1. The molecule has 0 aromatic carbocycles. The third-order valence-corrected chi connectivity index (χ3v) is 3.51. The lowest BCUT2D eigenvalue weighted by molar-refractivity contribution is 0.0904. The van der Waals surface area contributed by atoms with Crippen LogP contribution in [0.2, 0.25) is 0 Å². The SMILES string of the molecule is COc1cc(C(=O)N[C@H]2CCCC[C@H]2C)ncn1. The van der Waals surface area contributed by atoms with Gasteiger partial charge in [-0.2, -0.15) is 0 Å². The van der Waals surface area contributed by atoms with E-state index >= 15 is 0 Å². The minimum absolute atomic E-state index is 0.144. The Bertz CT molecular complexity index is 422. The molecule has 1 aliphatic rings. The van der Waals surface area contributed by atoms with Crippen LogP contribution in [-0.2, 0) is 0 Å². The van der Waals surface area contributed by atoms with E-state index < -0.39 is 0 Å². The third kappa shape index (κ3) is 2.97. The zero-order valence-corrected chi connectivity index (χ0v) is 10.8. The molecular formula is C13H19N3O2. The Hall–Kier alpha value is -1.65. The number of carbonyl (C=O) groups is 1. The highest BCUT2D eigenvalue weighted by Gasteiger charge is 2.23. The molecular weight excluding hydrogens is 230 g/mol. The van der Waals surface area contributed by atoms with E-state index in [0.717, 1.165) is 6.42 Å². The molecule has 0 radical (unpaired) electrons. The topological polar surface area (TPSA) is 64.1 Å². The average Bonchev–Trinajstić information content (AvgIpc) is 2.41. The number of ether oxygens (including phenoxy) is 1. The molecule has 1 amide bonds. The second-order valence-electron chi connectivity index (χ2n) is 4.79. The highest BCUT2D eigenvalue weighted by Crippen LogP contribution is 2.23. The molecule has 2 rings (SSSR count). The van der Waals surface area contributed by atoms with E-state index in [4.69, 9.17) is 4.74 Å². The number of carbonyl (C=O) groups excluding carboxylic acids is 1. The molecule has 0 saturated heterocycles. The first kappa shape index (κ1) is 12.8. The standard InChI is InChI=1S/C13H19N3O2/c1-9-5-3-4-6-10(9)16-13(17)11-7-12(18-2)15-8-14-11/h7-10H,3-6H2,1-2H3,(H,16,17)/t9-,10+/m1/s1. The van der Waals surface area contributed by atoms with Gasteiger partial charge in [0.25, 0.3) is 5.91 Å². The quantitative estimate of drug-likeness (QED) is 0.887. The van der Waals surface area contributed by atoms with Crippen molar-refractivity contribution in [3.8, 4) is 5.88 Å². The molecule has 1 heterocycles. The van der Waals surface area contributed by atoms with Crippen LogP contribution in [0.4, 0.5) is 0 Å². The summed E-state index contributed by atoms with van der Waals surface area (Å²) in [7, 11) is 1.52. The van der Waals surface area contributed by atoms with Crippen LogP contribution in [-0.4, -0.2) is 29.0 Å². The molecule has 1 N–H and O–H groups in total. The van der Waals surface area contributed by atoms with Crippen LogP contribution in [0, 0.1) is 5.92 Å². The lowest BCUT2D eigenvalue weighted by Crippen LogP contribution is -2.41. The number of rotatable bonds is 3. The van der Waals surface area contributed by atoms with Gasteiger partial charge in [0, 0.05) is 12.1 Å². The molecule has 2 atom stereocenters. The van der Waals surface area contributed by atoms with Crippen LogP contribution in [0.15, 0.2) is 12.4 Å². The minimum Gasteiger partial charge on any atom is -0.481 e. The van der Waals surface area contributed by atoms with Crippen LogP contribution < -0.4 is 10.1 Å². The second kappa shape index (κ2) is 5.80. The van der Waals surface area contributed by atoms with Crippen molar-refractivity contribution >= 4 is 5.91 Å². The number of hydrogen-bond donors (Lipinski definition) is 1. The minimum atomic E-state index is -0.144. The van der Waals surface area contributed by atoms with Crippen molar-refractivity contribution in [1.29, 1.82) is 0 Å². The summed E-state index contributed by atoms with van der Waals surface area (Å²) in [6, 6.07) is 1.82. The third-order valence-electron chi connectivity index (χ3n) is 3.51. The van der Waals surface area contributed by atoms with Crippen molar-refractivity contribution in [1.82, 2.24) is 15.3 Å². The summed E-state index contributed by atoms with van der Waals surface area (Å²) in [5, 5.41) is 3.05. The maximum atomic E-state index is 12.1. The first-order chi connectivity index (χ1) is 8.70. The monoisotopic (exact) mass is 249 g/mol. The van der Waals surface area contributed by atoms with Crippen molar-refractivity contribution in [3.63, 3.8) is 0 Å². The maximum absolute atomic E-state index is 12.1. The van der Waals surface area contributed by atoms with Gasteiger partial charge in [-0.25, -0.2) is 9.97 Å². The fraction of sp³-hybridized carbons (Fsp3) is 0.615. The molecule has 1 saturated carbocycles. The summed E-state index contributed by atoms with van der Waals surface area (Å²) in [4.78, 5) is 19.9. The van der Waals surface area contributed by atoms with E-state index in [1.165, 1.54) is 32.7 Å². The predicted octanol–water partition coefficient (Wildman–Crippen LogP) is 1.79. The smallest absolute Gasteiger partial charge is 0.270 e. The summed E-state index contributed by atoms with van der Waals surface area (Å²) >= 11 is 0. The predicted molar refractivity (Wildman–Crippen MR) is 67.5 cm³/mol. The van der Waals surface area contributed by atoms with Crippen LogP contribution >= 0.6 is 0 Å². The number of nitrogens with zero attached hydrogens (tertiary/aromatic N) is 2. The molecule has 1 fully saturated rings. The van der Waals surface area contributed by atoms with Gasteiger partial charge in [0.1, 0.15) is 12.0 Å². The van der Waals surface area contributed by atoms with E-state index in [0.29, 0.717) is 17.5 Å². The molecule has 0 spiro atoms. The number of aromatic nitrogens is 2. The van der Waals surface area contributed by atoms with Crippen LogP contribution in [0.1, 0.15) is 43.1 Å². The Kier molecular flexibility index (Phi) is 4.12. The number of methoxy groups -OCH3 is 1. The molecule has 1 aliphatic carbocycles. The highest BCUT2D eigenvalue weighted by molar-refractivity contribution is 5.92. The van der Waals surface area contributed by atoms with Gasteiger partial charge in [0.15, 0.2) is 0 Å². The Balaban J connectivity index is 2.02.